The Balaban J connectivity index is 1.53. The number of anilines is 1. The molecule has 0 unspecified atom stereocenters. The van der Waals surface area contributed by atoms with Crippen LogP contribution in [0.2, 0.25) is 5.02 Å². The van der Waals surface area contributed by atoms with E-state index >= 15 is 0 Å². The second kappa shape index (κ2) is 8.08. The van der Waals surface area contributed by atoms with Crippen LogP contribution in [0.25, 0.3) is 10.9 Å². The third kappa shape index (κ3) is 4.38. The van der Waals surface area contributed by atoms with Crippen molar-refractivity contribution in [3.8, 4) is 17.4 Å². The van der Waals surface area contributed by atoms with E-state index in [4.69, 9.17) is 26.8 Å². The smallest absolute Gasteiger partial charge is 0.319 e. The lowest BCUT2D eigenvalue weighted by Crippen LogP contribution is -2.30. The zero-order valence-corrected chi connectivity index (χ0v) is 16.8. The zero-order valence-electron chi connectivity index (χ0n) is 16.1. The second-order valence-electron chi connectivity index (χ2n) is 6.88. The Hall–Kier alpha value is -3.52. The number of halogens is 1. The zero-order chi connectivity index (χ0) is 21.3. The normalized spacial score (nSPS) is 13.0. The van der Waals surface area contributed by atoms with Crippen molar-refractivity contribution in [1.29, 1.82) is 0 Å². The fraction of sp³-hybridized carbons (Fsp3) is 0.190. The first-order chi connectivity index (χ1) is 14.4. The molecule has 2 aromatic carbocycles. The van der Waals surface area contributed by atoms with Crippen molar-refractivity contribution < 1.29 is 19.1 Å². The molecule has 0 aliphatic heterocycles. The van der Waals surface area contributed by atoms with Crippen molar-refractivity contribution in [2.24, 2.45) is 5.73 Å². The van der Waals surface area contributed by atoms with Crippen LogP contribution in [0, 0.1) is 0 Å². The van der Waals surface area contributed by atoms with E-state index in [0.717, 1.165) is 18.2 Å². The third-order valence-electron chi connectivity index (χ3n) is 4.57. The quantitative estimate of drug-likeness (QED) is 0.549. The monoisotopic (exact) mass is 426 g/mol. The molecular formula is C21H19ClN4O4. The molecular weight excluding hydrogens is 408 g/mol. The minimum absolute atomic E-state index is 0.253. The molecule has 1 aliphatic rings. The van der Waals surface area contributed by atoms with E-state index in [2.05, 4.69) is 15.6 Å². The number of nitrogens with two attached hydrogens (primary N) is 1. The third-order valence-corrected chi connectivity index (χ3v) is 4.89. The van der Waals surface area contributed by atoms with Crippen LogP contribution >= 0.6 is 11.6 Å². The lowest BCUT2D eigenvalue weighted by molar-refractivity contribution is 0.0997. The molecule has 4 N–H and O–H groups in total. The number of amides is 3. The van der Waals surface area contributed by atoms with Gasteiger partial charge in [0.05, 0.1) is 28.9 Å². The molecule has 3 amide bonds. The number of nitrogens with one attached hydrogen (secondary N) is 2. The number of ether oxygens (including phenoxy) is 2. The number of nitrogens with zero attached hydrogens (tertiary/aromatic N) is 1. The van der Waals surface area contributed by atoms with E-state index in [0.29, 0.717) is 33.6 Å². The first-order valence-electron chi connectivity index (χ1n) is 9.26. The van der Waals surface area contributed by atoms with Gasteiger partial charge in [-0.15, -0.1) is 0 Å². The van der Waals surface area contributed by atoms with E-state index in [1.165, 1.54) is 7.11 Å². The van der Waals surface area contributed by atoms with E-state index in [-0.39, 0.29) is 17.6 Å². The Labute approximate surface area is 177 Å². The van der Waals surface area contributed by atoms with Crippen molar-refractivity contribution in [3.63, 3.8) is 0 Å². The summed E-state index contributed by atoms with van der Waals surface area (Å²) in [6, 6.07) is 11.6. The minimum atomic E-state index is -0.580. The molecule has 9 heteroatoms. The van der Waals surface area contributed by atoms with Crippen LogP contribution < -0.4 is 25.8 Å². The standard InChI is InChI=1S/C21H19ClN4O4/c1-29-18-10-17-11(8-14(18)20(23)27)2-7-19(25-17)30-13-5-6-16(15(22)9-13)26-21(28)24-12-3-4-12/h2,5-10,12H,3-4H2,1H3,(H2,23,27)(H2,24,26,28). The van der Waals surface area contributed by atoms with Crippen LogP contribution in [0.1, 0.15) is 23.2 Å². The Kier molecular flexibility index (Phi) is 5.33. The number of urea groups is 1. The molecule has 154 valence electrons. The molecule has 0 spiro atoms. The van der Waals surface area contributed by atoms with Gasteiger partial charge >= 0.3 is 6.03 Å². The number of primary amides is 1. The minimum Gasteiger partial charge on any atom is -0.496 e. The number of hydrogen-bond acceptors (Lipinski definition) is 5. The summed E-state index contributed by atoms with van der Waals surface area (Å²) in [6.45, 7) is 0. The molecule has 0 bridgehead atoms. The van der Waals surface area contributed by atoms with Gasteiger partial charge in [-0.25, -0.2) is 9.78 Å². The molecule has 8 nitrogen and oxygen atoms in total. The van der Waals surface area contributed by atoms with E-state index in [1.807, 2.05) is 0 Å². The summed E-state index contributed by atoms with van der Waals surface area (Å²) in [7, 11) is 1.45. The van der Waals surface area contributed by atoms with Crippen molar-refractivity contribution in [1.82, 2.24) is 10.3 Å². The molecule has 1 saturated carbocycles. The molecule has 3 aromatic rings. The van der Waals surface area contributed by atoms with Gasteiger partial charge in [-0.3, -0.25) is 4.79 Å². The molecule has 1 aliphatic carbocycles. The summed E-state index contributed by atoms with van der Waals surface area (Å²) in [5, 5.41) is 6.61. The maximum atomic E-state index is 11.9. The number of benzene rings is 2. The van der Waals surface area contributed by atoms with Gasteiger partial charge in [0, 0.05) is 29.6 Å². The van der Waals surface area contributed by atoms with Gasteiger partial charge < -0.3 is 25.8 Å². The predicted octanol–water partition coefficient (Wildman–Crippen LogP) is 4.07. The molecule has 0 radical (unpaired) electrons. The molecule has 1 aromatic heterocycles. The summed E-state index contributed by atoms with van der Waals surface area (Å²) in [5.41, 5.74) is 6.73. The van der Waals surface area contributed by atoms with Gasteiger partial charge in [0.1, 0.15) is 11.5 Å². The van der Waals surface area contributed by atoms with E-state index < -0.39 is 5.91 Å². The van der Waals surface area contributed by atoms with Gasteiger partial charge in [-0.2, -0.15) is 0 Å². The number of methoxy groups -OCH3 is 1. The lowest BCUT2D eigenvalue weighted by Gasteiger charge is -2.11. The SMILES string of the molecule is COc1cc2nc(Oc3ccc(NC(=O)NC4CC4)c(Cl)c3)ccc2cc1C(N)=O. The molecule has 0 atom stereocenters. The van der Waals surface area contributed by atoms with Gasteiger partial charge in [-0.05, 0) is 37.1 Å². The highest BCUT2D eigenvalue weighted by atomic mass is 35.5. The van der Waals surface area contributed by atoms with Crippen LogP contribution in [0.4, 0.5) is 10.5 Å². The molecule has 4 rings (SSSR count). The summed E-state index contributed by atoms with van der Waals surface area (Å²) in [6.07, 6.45) is 2.00. The average Bonchev–Trinajstić information content (AvgIpc) is 3.52. The Morgan fingerprint density at radius 2 is 1.97 bits per heavy atom. The molecule has 1 heterocycles. The highest BCUT2D eigenvalue weighted by Crippen LogP contribution is 2.31. The van der Waals surface area contributed by atoms with Crippen LogP contribution in [0.5, 0.6) is 17.4 Å². The van der Waals surface area contributed by atoms with E-state index in [9.17, 15) is 9.59 Å². The summed E-state index contributed by atoms with van der Waals surface area (Å²) in [4.78, 5) is 27.9. The summed E-state index contributed by atoms with van der Waals surface area (Å²) < 4.78 is 11.0. The molecule has 1 fully saturated rings. The number of carbonyl (C=O) groups is 2. The second-order valence-corrected chi connectivity index (χ2v) is 7.28. The largest absolute Gasteiger partial charge is 0.496 e. The number of carbonyl (C=O) groups excluding carboxylic acids is 2. The number of fused-ring (bicyclic) bond motifs is 1. The van der Waals surface area contributed by atoms with Crippen LogP contribution in [-0.4, -0.2) is 30.1 Å². The van der Waals surface area contributed by atoms with E-state index in [1.54, 1.807) is 42.5 Å². The predicted molar refractivity (Wildman–Crippen MR) is 114 cm³/mol. The van der Waals surface area contributed by atoms with Crippen LogP contribution in [0.3, 0.4) is 0 Å². The number of hydrogen-bond donors (Lipinski definition) is 3. The van der Waals surface area contributed by atoms with Crippen LogP contribution in [-0.2, 0) is 0 Å². The van der Waals surface area contributed by atoms with Gasteiger partial charge in [0.2, 0.25) is 5.88 Å². The van der Waals surface area contributed by atoms with Crippen LogP contribution in [0.15, 0.2) is 42.5 Å². The summed E-state index contributed by atoms with van der Waals surface area (Å²) >= 11 is 6.27. The number of pyridine rings is 1. The highest BCUT2D eigenvalue weighted by molar-refractivity contribution is 6.33. The molecule has 30 heavy (non-hydrogen) atoms. The van der Waals surface area contributed by atoms with Gasteiger partial charge in [0.25, 0.3) is 5.91 Å². The van der Waals surface area contributed by atoms with Crippen molar-refractivity contribution in [3.05, 3.63) is 53.1 Å². The Morgan fingerprint density at radius 3 is 2.63 bits per heavy atom. The van der Waals surface area contributed by atoms with Gasteiger partial charge in [-0.1, -0.05) is 11.6 Å². The van der Waals surface area contributed by atoms with Gasteiger partial charge in [0.15, 0.2) is 0 Å². The number of rotatable bonds is 6. The topological polar surface area (TPSA) is 116 Å². The first-order valence-corrected chi connectivity index (χ1v) is 9.64. The molecule has 0 saturated heterocycles. The Bertz CT molecular complexity index is 1150. The Morgan fingerprint density at radius 1 is 1.17 bits per heavy atom. The number of aromatic nitrogens is 1. The fourth-order valence-electron chi connectivity index (χ4n) is 2.90. The summed E-state index contributed by atoms with van der Waals surface area (Å²) in [5.74, 6) is 0.547. The lowest BCUT2D eigenvalue weighted by atomic mass is 10.1. The van der Waals surface area contributed by atoms with Crippen molar-refractivity contribution in [2.75, 3.05) is 12.4 Å². The maximum absolute atomic E-state index is 11.9. The maximum Gasteiger partial charge on any atom is 0.319 e. The van der Waals surface area contributed by atoms with Crippen molar-refractivity contribution >= 4 is 40.1 Å². The van der Waals surface area contributed by atoms with Crippen molar-refractivity contribution in [2.45, 2.75) is 18.9 Å². The first kappa shape index (κ1) is 19.8. The highest BCUT2D eigenvalue weighted by Gasteiger charge is 2.23. The average molecular weight is 427 g/mol. The fourth-order valence-corrected chi connectivity index (χ4v) is 3.12.